The number of hydrazine groups is 1. The molecule has 1 aromatic heterocycles. The van der Waals surface area contributed by atoms with Gasteiger partial charge in [-0.25, -0.2) is 10.8 Å². The number of H-pyrrole nitrogens is 1. The van der Waals surface area contributed by atoms with Gasteiger partial charge in [-0.1, -0.05) is 12.1 Å². The molecular weight excluding hydrogens is 258 g/mol. The number of aromatic amines is 1. The number of nitrogen functional groups attached to an aromatic ring is 1. The number of aryl methyl sites for hydroxylation is 1. The standard InChI is InChI=1S/C13H17N5O2/c1-7(19)9-4-3-5-10(6-9)18(15)12-11(14)13(20)17-8(2)16-12/h3-7,19H,14-15H2,1-2H3,(H,16,17,20). The van der Waals surface area contributed by atoms with Gasteiger partial charge in [-0.15, -0.1) is 0 Å². The third-order valence-electron chi connectivity index (χ3n) is 2.91. The summed E-state index contributed by atoms with van der Waals surface area (Å²) in [7, 11) is 0. The van der Waals surface area contributed by atoms with Gasteiger partial charge in [-0.2, -0.15) is 0 Å². The molecule has 1 aromatic carbocycles. The molecule has 1 unspecified atom stereocenters. The van der Waals surface area contributed by atoms with Crippen molar-refractivity contribution in [1.29, 1.82) is 0 Å². The van der Waals surface area contributed by atoms with Crippen molar-refractivity contribution in [3.63, 3.8) is 0 Å². The lowest BCUT2D eigenvalue weighted by Gasteiger charge is -2.20. The van der Waals surface area contributed by atoms with Crippen LogP contribution < -0.4 is 22.1 Å². The average molecular weight is 275 g/mol. The maximum Gasteiger partial charge on any atom is 0.276 e. The highest BCUT2D eigenvalue weighted by Crippen LogP contribution is 2.25. The van der Waals surface area contributed by atoms with Crippen LogP contribution in [0.15, 0.2) is 29.1 Å². The smallest absolute Gasteiger partial charge is 0.276 e. The van der Waals surface area contributed by atoms with Crippen molar-refractivity contribution in [3.05, 3.63) is 46.0 Å². The molecule has 106 valence electrons. The number of aliphatic hydroxyl groups is 1. The van der Waals surface area contributed by atoms with E-state index < -0.39 is 11.7 Å². The summed E-state index contributed by atoms with van der Waals surface area (Å²) in [5.41, 5.74) is 6.50. The zero-order valence-corrected chi connectivity index (χ0v) is 11.3. The highest BCUT2D eigenvalue weighted by Gasteiger charge is 2.14. The summed E-state index contributed by atoms with van der Waals surface area (Å²) in [6.07, 6.45) is -0.616. The summed E-state index contributed by atoms with van der Waals surface area (Å²) >= 11 is 0. The molecule has 0 saturated carbocycles. The van der Waals surface area contributed by atoms with Crippen molar-refractivity contribution in [2.45, 2.75) is 20.0 Å². The Morgan fingerprint density at radius 1 is 1.45 bits per heavy atom. The summed E-state index contributed by atoms with van der Waals surface area (Å²) in [5, 5.41) is 10.8. The molecule has 2 rings (SSSR count). The first-order chi connectivity index (χ1) is 9.40. The molecule has 0 aliphatic heterocycles. The molecular formula is C13H17N5O2. The molecule has 6 N–H and O–H groups in total. The van der Waals surface area contributed by atoms with Crippen molar-refractivity contribution in [1.82, 2.24) is 9.97 Å². The Kier molecular flexibility index (Phi) is 3.73. The molecule has 0 aliphatic rings. The largest absolute Gasteiger partial charge is 0.391 e. The summed E-state index contributed by atoms with van der Waals surface area (Å²) < 4.78 is 0. The zero-order chi connectivity index (χ0) is 14.9. The number of benzene rings is 1. The number of rotatable bonds is 3. The van der Waals surface area contributed by atoms with E-state index in [0.29, 0.717) is 17.1 Å². The Morgan fingerprint density at radius 3 is 2.80 bits per heavy atom. The fourth-order valence-electron chi connectivity index (χ4n) is 1.82. The van der Waals surface area contributed by atoms with Gasteiger partial charge in [0.2, 0.25) is 0 Å². The zero-order valence-electron chi connectivity index (χ0n) is 11.3. The maximum absolute atomic E-state index is 11.6. The Bertz CT molecular complexity index is 681. The number of nitrogens with one attached hydrogen (secondary N) is 1. The number of anilines is 3. The van der Waals surface area contributed by atoms with Gasteiger partial charge in [0, 0.05) is 0 Å². The highest BCUT2D eigenvalue weighted by molar-refractivity contribution is 5.69. The molecule has 0 spiro atoms. The van der Waals surface area contributed by atoms with Gasteiger partial charge in [0.1, 0.15) is 11.5 Å². The topological polar surface area (TPSA) is 121 Å². The van der Waals surface area contributed by atoms with Gasteiger partial charge in [0.05, 0.1) is 11.8 Å². The minimum absolute atomic E-state index is 0.0550. The first-order valence-electron chi connectivity index (χ1n) is 6.09. The molecule has 0 saturated heterocycles. The summed E-state index contributed by atoms with van der Waals surface area (Å²) in [6, 6.07) is 6.99. The SMILES string of the molecule is Cc1nc(N(N)c2cccc(C(C)O)c2)c(N)c(=O)[nH]1. The van der Waals surface area contributed by atoms with Crippen LogP contribution in [-0.2, 0) is 0 Å². The summed E-state index contributed by atoms with van der Waals surface area (Å²) in [6.45, 7) is 3.30. The Labute approximate surface area is 115 Å². The van der Waals surface area contributed by atoms with Crippen LogP contribution in [0.25, 0.3) is 0 Å². The molecule has 20 heavy (non-hydrogen) atoms. The summed E-state index contributed by atoms with van der Waals surface area (Å²) in [5.74, 6) is 6.57. The fourth-order valence-corrected chi connectivity index (χ4v) is 1.82. The van der Waals surface area contributed by atoms with E-state index in [9.17, 15) is 9.90 Å². The molecule has 1 atom stereocenters. The van der Waals surface area contributed by atoms with Crippen molar-refractivity contribution in [2.24, 2.45) is 5.84 Å². The second-order valence-corrected chi connectivity index (χ2v) is 4.53. The van der Waals surface area contributed by atoms with Crippen molar-refractivity contribution in [2.75, 3.05) is 10.7 Å². The third kappa shape index (κ3) is 2.63. The number of aliphatic hydroxyl groups excluding tert-OH is 1. The number of hydrogen-bond acceptors (Lipinski definition) is 6. The van der Waals surface area contributed by atoms with Crippen LogP contribution in [0.5, 0.6) is 0 Å². The first kappa shape index (κ1) is 14.0. The molecule has 0 radical (unpaired) electrons. The molecule has 0 fully saturated rings. The van der Waals surface area contributed by atoms with E-state index in [-0.39, 0.29) is 11.5 Å². The van der Waals surface area contributed by atoms with Crippen LogP contribution in [0.1, 0.15) is 24.4 Å². The van der Waals surface area contributed by atoms with Gasteiger partial charge in [0.25, 0.3) is 5.56 Å². The van der Waals surface area contributed by atoms with E-state index in [0.717, 1.165) is 0 Å². The lowest BCUT2D eigenvalue weighted by atomic mass is 10.1. The Morgan fingerprint density at radius 2 is 2.15 bits per heavy atom. The third-order valence-corrected chi connectivity index (χ3v) is 2.91. The second kappa shape index (κ2) is 5.32. The molecule has 0 aliphatic carbocycles. The van der Waals surface area contributed by atoms with Gasteiger partial charge >= 0.3 is 0 Å². The number of nitrogens with zero attached hydrogens (tertiary/aromatic N) is 2. The molecule has 7 nitrogen and oxygen atoms in total. The minimum atomic E-state index is -0.616. The second-order valence-electron chi connectivity index (χ2n) is 4.53. The molecule has 2 aromatic rings. The van der Waals surface area contributed by atoms with Crippen LogP contribution >= 0.6 is 0 Å². The van der Waals surface area contributed by atoms with Crippen LogP contribution in [0.4, 0.5) is 17.2 Å². The lowest BCUT2D eigenvalue weighted by Crippen LogP contribution is -2.30. The van der Waals surface area contributed by atoms with Crippen LogP contribution in [0.2, 0.25) is 0 Å². The van der Waals surface area contributed by atoms with E-state index in [1.165, 1.54) is 5.01 Å². The van der Waals surface area contributed by atoms with Gasteiger partial charge in [-0.05, 0) is 31.5 Å². The first-order valence-corrected chi connectivity index (χ1v) is 6.09. The highest BCUT2D eigenvalue weighted by atomic mass is 16.3. The van der Waals surface area contributed by atoms with E-state index in [4.69, 9.17) is 11.6 Å². The molecule has 7 heteroatoms. The van der Waals surface area contributed by atoms with E-state index >= 15 is 0 Å². The van der Waals surface area contributed by atoms with Crippen LogP contribution in [0.3, 0.4) is 0 Å². The number of hydrogen-bond donors (Lipinski definition) is 4. The van der Waals surface area contributed by atoms with E-state index in [2.05, 4.69) is 9.97 Å². The maximum atomic E-state index is 11.6. The molecule has 1 heterocycles. The number of nitrogens with two attached hydrogens (primary N) is 2. The van der Waals surface area contributed by atoms with E-state index in [1.54, 1.807) is 38.1 Å². The average Bonchev–Trinajstić information content (AvgIpc) is 2.42. The van der Waals surface area contributed by atoms with Crippen molar-refractivity contribution in [3.8, 4) is 0 Å². The molecule has 0 bridgehead atoms. The predicted octanol–water partition coefficient (Wildman–Crippen LogP) is 0.726. The fraction of sp³-hybridized carbons (Fsp3) is 0.231. The van der Waals surface area contributed by atoms with Crippen molar-refractivity contribution < 1.29 is 5.11 Å². The Balaban J connectivity index is 2.49. The van der Waals surface area contributed by atoms with E-state index in [1.807, 2.05) is 0 Å². The monoisotopic (exact) mass is 275 g/mol. The predicted molar refractivity (Wildman–Crippen MR) is 77.4 cm³/mol. The van der Waals surface area contributed by atoms with Gasteiger partial charge in [-0.3, -0.25) is 9.80 Å². The van der Waals surface area contributed by atoms with Crippen LogP contribution in [-0.4, -0.2) is 15.1 Å². The number of aromatic nitrogens is 2. The normalized spacial score (nSPS) is 12.2. The minimum Gasteiger partial charge on any atom is -0.391 e. The quantitative estimate of drug-likeness (QED) is 0.484. The molecule has 0 amide bonds. The van der Waals surface area contributed by atoms with Crippen molar-refractivity contribution >= 4 is 17.2 Å². The van der Waals surface area contributed by atoms with Gasteiger partial charge < -0.3 is 15.8 Å². The lowest BCUT2D eigenvalue weighted by molar-refractivity contribution is 0.199. The Hall–Kier alpha value is -2.38. The van der Waals surface area contributed by atoms with Crippen LogP contribution in [0, 0.1) is 6.92 Å². The van der Waals surface area contributed by atoms with Gasteiger partial charge in [0.15, 0.2) is 5.82 Å². The summed E-state index contributed by atoms with van der Waals surface area (Å²) in [4.78, 5) is 18.3.